The third-order valence-corrected chi connectivity index (χ3v) is 5.89. The van der Waals surface area contributed by atoms with E-state index >= 15 is 0 Å². The number of halogens is 1. The van der Waals surface area contributed by atoms with Crippen LogP contribution in [0.5, 0.6) is 0 Å². The number of nitrogens with one attached hydrogen (secondary N) is 1. The number of nitrogens with zero attached hydrogens (tertiary/aromatic N) is 4. The van der Waals surface area contributed by atoms with Crippen LogP contribution in [0, 0.1) is 0 Å². The molecule has 160 valence electrons. The standard InChI is InChI=1S/C23H24ClN5O2/c1-26(13-16-9-5-4-6-10-16)15-19-25-21-20(22(30)28(3)23(31)27(21)2)29(19)14-17-11-7-8-12-18(17)24/h4-12H,13-15H2,1-3H3/p+1. The Kier molecular flexibility index (Phi) is 5.80. The van der Waals surface area contributed by atoms with E-state index < -0.39 is 5.69 Å². The van der Waals surface area contributed by atoms with Gasteiger partial charge in [-0.05, 0) is 11.6 Å². The second-order valence-corrected chi connectivity index (χ2v) is 8.29. The van der Waals surface area contributed by atoms with Crippen LogP contribution in [0.2, 0.25) is 5.02 Å². The van der Waals surface area contributed by atoms with E-state index in [9.17, 15) is 9.59 Å². The molecule has 7 nitrogen and oxygen atoms in total. The zero-order valence-electron chi connectivity index (χ0n) is 17.8. The van der Waals surface area contributed by atoms with Crippen LogP contribution in [-0.4, -0.2) is 25.7 Å². The van der Waals surface area contributed by atoms with E-state index in [0.717, 1.165) is 22.5 Å². The molecule has 0 amide bonds. The molecule has 0 fully saturated rings. The van der Waals surface area contributed by atoms with Gasteiger partial charge in [0, 0.05) is 24.7 Å². The van der Waals surface area contributed by atoms with Crippen LogP contribution in [0.15, 0.2) is 64.2 Å². The first kappa shape index (κ1) is 21.1. The van der Waals surface area contributed by atoms with Crippen LogP contribution in [-0.2, 0) is 33.7 Å². The maximum absolute atomic E-state index is 13.0. The van der Waals surface area contributed by atoms with Gasteiger partial charge in [-0.2, -0.15) is 0 Å². The lowest BCUT2D eigenvalue weighted by Crippen LogP contribution is -3.06. The highest BCUT2D eigenvalue weighted by Gasteiger charge is 2.22. The molecule has 1 unspecified atom stereocenters. The smallest absolute Gasteiger partial charge is 0.327 e. The first-order chi connectivity index (χ1) is 14.9. The van der Waals surface area contributed by atoms with Gasteiger partial charge in [0.15, 0.2) is 17.0 Å². The van der Waals surface area contributed by atoms with Gasteiger partial charge in [-0.15, -0.1) is 0 Å². The molecule has 8 heteroatoms. The monoisotopic (exact) mass is 438 g/mol. The van der Waals surface area contributed by atoms with Gasteiger partial charge >= 0.3 is 5.69 Å². The quantitative estimate of drug-likeness (QED) is 0.494. The number of benzene rings is 2. The average Bonchev–Trinajstić information content (AvgIpc) is 3.11. The molecular weight excluding hydrogens is 414 g/mol. The number of quaternary nitrogens is 1. The largest absolute Gasteiger partial charge is 0.332 e. The summed E-state index contributed by atoms with van der Waals surface area (Å²) in [5.41, 5.74) is 2.16. The maximum atomic E-state index is 13.0. The molecule has 2 aromatic carbocycles. The van der Waals surface area contributed by atoms with E-state index in [2.05, 4.69) is 19.2 Å². The highest BCUT2D eigenvalue weighted by Crippen LogP contribution is 2.19. The zero-order chi connectivity index (χ0) is 22.1. The molecule has 0 spiro atoms. The van der Waals surface area contributed by atoms with Gasteiger partial charge in [0.25, 0.3) is 5.56 Å². The molecule has 2 heterocycles. The van der Waals surface area contributed by atoms with Crippen LogP contribution in [0.4, 0.5) is 0 Å². The fourth-order valence-corrected chi connectivity index (χ4v) is 4.07. The van der Waals surface area contributed by atoms with Crippen molar-refractivity contribution in [2.75, 3.05) is 7.05 Å². The van der Waals surface area contributed by atoms with E-state index in [4.69, 9.17) is 16.6 Å². The van der Waals surface area contributed by atoms with Gasteiger partial charge in [0.2, 0.25) is 0 Å². The van der Waals surface area contributed by atoms with Crippen molar-refractivity contribution in [2.24, 2.45) is 14.1 Å². The number of rotatable bonds is 6. The molecule has 0 saturated carbocycles. The third kappa shape index (κ3) is 4.06. The Morgan fingerprint density at radius 3 is 2.32 bits per heavy atom. The number of aryl methyl sites for hydroxylation is 1. The number of aromatic nitrogens is 4. The molecule has 31 heavy (non-hydrogen) atoms. The lowest BCUT2D eigenvalue weighted by atomic mass is 10.2. The van der Waals surface area contributed by atoms with E-state index in [1.165, 1.54) is 22.1 Å². The summed E-state index contributed by atoms with van der Waals surface area (Å²) >= 11 is 6.41. The summed E-state index contributed by atoms with van der Waals surface area (Å²) in [6.07, 6.45) is 0. The Morgan fingerprint density at radius 2 is 1.61 bits per heavy atom. The molecule has 0 saturated heterocycles. The second kappa shape index (κ2) is 8.53. The van der Waals surface area contributed by atoms with Gasteiger partial charge in [0.05, 0.1) is 13.6 Å². The van der Waals surface area contributed by atoms with E-state index in [1.807, 2.05) is 47.0 Å². The summed E-state index contributed by atoms with van der Waals surface area (Å²) in [5, 5.41) is 0.627. The molecule has 4 aromatic rings. The van der Waals surface area contributed by atoms with Crippen molar-refractivity contribution in [1.82, 2.24) is 18.7 Å². The minimum atomic E-state index is -0.392. The summed E-state index contributed by atoms with van der Waals surface area (Å²) in [6.45, 7) is 1.80. The van der Waals surface area contributed by atoms with Gasteiger partial charge < -0.3 is 9.47 Å². The predicted octanol–water partition coefficient (Wildman–Crippen LogP) is 1.35. The second-order valence-electron chi connectivity index (χ2n) is 7.88. The van der Waals surface area contributed by atoms with Crippen molar-refractivity contribution in [3.63, 3.8) is 0 Å². The first-order valence-corrected chi connectivity index (χ1v) is 10.5. The fourth-order valence-electron chi connectivity index (χ4n) is 3.87. The molecular formula is C23H25ClN5O2+. The summed E-state index contributed by atoms with van der Waals surface area (Å²) in [6, 6.07) is 17.8. The summed E-state index contributed by atoms with van der Waals surface area (Å²) < 4.78 is 4.44. The number of hydrogen-bond acceptors (Lipinski definition) is 3. The molecule has 0 aliphatic heterocycles. The fraction of sp³-hybridized carbons (Fsp3) is 0.261. The Hall–Kier alpha value is -3.16. The molecule has 0 aliphatic rings. The van der Waals surface area contributed by atoms with Crippen LogP contribution in [0.1, 0.15) is 17.0 Å². The average molecular weight is 439 g/mol. The van der Waals surface area contributed by atoms with E-state index in [0.29, 0.717) is 29.3 Å². The van der Waals surface area contributed by atoms with Crippen molar-refractivity contribution in [1.29, 1.82) is 0 Å². The summed E-state index contributed by atoms with van der Waals surface area (Å²) in [5.74, 6) is 0.738. The molecule has 0 bridgehead atoms. The van der Waals surface area contributed by atoms with E-state index in [-0.39, 0.29) is 5.56 Å². The van der Waals surface area contributed by atoms with Crippen molar-refractivity contribution < 1.29 is 4.90 Å². The molecule has 2 aromatic heterocycles. The highest BCUT2D eigenvalue weighted by atomic mass is 35.5. The van der Waals surface area contributed by atoms with Crippen molar-refractivity contribution in [3.05, 3.63) is 97.4 Å². The van der Waals surface area contributed by atoms with Crippen molar-refractivity contribution in [3.8, 4) is 0 Å². The lowest BCUT2D eigenvalue weighted by molar-refractivity contribution is -0.908. The summed E-state index contributed by atoms with van der Waals surface area (Å²) in [7, 11) is 5.22. The van der Waals surface area contributed by atoms with Gasteiger partial charge in [-0.25, -0.2) is 9.78 Å². The Morgan fingerprint density at radius 1 is 0.935 bits per heavy atom. The van der Waals surface area contributed by atoms with Gasteiger partial charge in [-0.1, -0.05) is 60.1 Å². The number of hydrogen-bond donors (Lipinski definition) is 1. The zero-order valence-corrected chi connectivity index (χ0v) is 18.6. The van der Waals surface area contributed by atoms with Gasteiger partial charge in [0.1, 0.15) is 13.1 Å². The summed E-state index contributed by atoms with van der Waals surface area (Å²) in [4.78, 5) is 31.4. The Labute approximate surface area is 184 Å². The van der Waals surface area contributed by atoms with Crippen LogP contribution < -0.4 is 16.1 Å². The Bertz CT molecular complexity index is 1350. The topological polar surface area (TPSA) is 66.3 Å². The Balaban J connectivity index is 1.82. The maximum Gasteiger partial charge on any atom is 0.332 e. The van der Waals surface area contributed by atoms with Crippen LogP contribution in [0.3, 0.4) is 0 Å². The van der Waals surface area contributed by atoms with Crippen molar-refractivity contribution >= 4 is 22.8 Å². The molecule has 1 atom stereocenters. The molecule has 4 rings (SSSR count). The predicted molar refractivity (Wildman–Crippen MR) is 122 cm³/mol. The molecule has 0 radical (unpaired) electrons. The minimum absolute atomic E-state index is 0.357. The normalized spacial score (nSPS) is 12.4. The van der Waals surface area contributed by atoms with E-state index in [1.54, 1.807) is 7.05 Å². The lowest BCUT2D eigenvalue weighted by Gasteiger charge is -2.16. The van der Waals surface area contributed by atoms with Crippen LogP contribution >= 0.6 is 11.6 Å². The number of fused-ring (bicyclic) bond motifs is 1. The third-order valence-electron chi connectivity index (χ3n) is 5.52. The molecule has 0 aliphatic carbocycles. The highest BCUT2D eigenvalue weighted by molar-refractivity contribution is 6.31. The molecule has 1 N–H and O–H groups in total. The SMILES string of the molecule is Cn1c(=O)c2c(nc(C[NH+](C)Cc3ccccc3)n2Cc2ccccc2Cl)n(C)c1=O. The number of imidazole rings is 1. The van der Waals surface area contributed by atoms with Crippen molar-refractivity contribution in [2.45, 2.75) is 19.6 Å². The minimum Gasteiger partial charge on any atom is -0.327 e. The van der Waals surface area contributed by atoms with Gasteiger partial charge in [-0.3, -0.25) is 13.9 Å². The van der Waals surface area contributed by atoms with Crippen LogP contribution in [0.25, 0.3) is 11.2 Å². The first-order valence-electron chi connectivity index (χ1n) is 10.1.